The average Bonchev–Trinajstić information content (AvgIpc) is 2.73. The summed E-state index contributed by atoms with van der Waals surface area (Å²) in [6, 6.07) is 6.31. The fourth-order valence-electron chi connectivity index (χ4n) is 3.84. The first-order chi connectivity index (χ1) is 13.3. The molecule has 1 fully saturated rings. The van der Waals surface area contributed by atoms with E-state index in [2.05, 4.69) is 44.1 Å². The standard InChI is InChI=1S/C20H25N7/c1-2-22-18-7-8-23-20(25-18)27-11-9-26(10-12-27)19-16(14-21)13-15-5-3-4-6-17(15)24-19/h7-8,13H,2-6,9-12H2,1H3,(H,22,23,25). The molecule has 0 saturated carbocycles. The Morgan fingerprint density at radius 1 is 1.11 bits per heavy atom. The monoisotopic (exact) mass is 363 g/mol. The highest BCUT2D eigenvalue weighted by atomic mass is 15.3. The van der Waals surface area contributed by atoms with Crippen molar-refractivity contribution in [3.8, 4) is 6.07 Å². The molecule has 140 valence electrons. The molecule has 0 spiro atoms. The van der Waals surface area contributed by atoms with Gasteiger partial charge in [-0.1, -0.05) is 0 Å². The number of aromatic nitrogens is 3. The molecule has 3 heterocycles. The predicted octanol–water partition coefficient (Wildman–Crippen LogP) is 2.38. The number of piperazine rings is 1. The molecule has 0 bridgehead atoms. The molecule has 0 amide bonds. The van der Waals surface area contributed by atoms with Crippen molar-refractivity contribution in [3.05, 3.63) is 35.2 Å². The molecule has 0 radical (unpaired) electrons. The van der Waals surface area contributed by atoms with Crippen LogP contribution in [-0.4, -0.2) is 47.7 Å². The maximum Gasteiger partial charge on any atom is 0.227 e. The van der Waals surface area contributed by atoms with Crippen LogP contribution in [0.25, 0.3) is 0 Å². The molecule has 1 aliphatic carbocycles. The number of fused-ring (bicyclic) bond motifs is 1. The van der Waals surface area contributed by atoms with Gasteiger partial charge in [0.1, 0.15) is 17.7 Å². The molecule has 1 N–H and O–H groups in total. The molecule has 2 aliphatic rings. The first kappa shape index (κ1) is 17.5. The molecule has 2 aromatic rings. The minimum Gasteiger partial charge on any atom is -0.370 e. The number of nitrogens with one attached hydrogen (secondary N) is 1. The van der Waals surface area contributed by atoms with Crippen molar-refractivity contribution in [1.82, 2.24) is 15.0 Å². The maximum absolute atomic E-state index is 9.61. The molecule has 27 heavy (non-hydrogen) atoms. The zero-order valence-corrected chi connectivity index (χ0v) is 15.8. The highest BCUT2D eigenvalue weighted by Crippen LogP contribution is 2.27. The summed E-state index contributed by atoms with van der Waals surface area (Å²) in [4.78, 5) is 18.3. The molecule has 1 saturated heterocycles. The van der Waals surface area contributed by atoms with Gasteiger partial charge >= 0.3 is 0 Å². The summed E-state index contributed by atoms with van der Waals surface area (Å²) in [6.07, 6.45) is 6.26. The summed E-state index contributed by atoms with van der Waals surface area (Å²) in [5.41, 5.74) is 3.14. The van der Waals surface area contributed by atoms with Gasteiger partial charge in [-0.05, 0) is 50.3 Å². The fraction of sp³-hybridized carbons (Fsp3) is 0.500. The summed E-state index contributed by atoms with van der Waals surface area (Å²) >= 11 is 0. The zero-order valence-electron chi connectivity index (χ0n) is 15.8. The molecule has 2 aromatic heterocycles. The Hall–Kier alpha value is -2.88. The molecule has 7 nitrogen and oxygen atoms in total. The number of anilines is 3. The lowest BCUT2D eigenvalue weighted by Gasteiger charge is -2.36. The number of pyridine rings is 1. The third-order valence-electron chi connectivity index (χ3n) is 5.26. The normalized spacial score (nSPS) is 16.6. The Morgan fingerprint density at radius 3 is 2.67 bits per heavy atom. The lowest BCUT2D eigenvalue weighted by atomic mass is 9.95. The van der Waals surface area contributed by atoms with Crippen LogP contribution in [0.5, 0.6) is 0 Å². The first-order valence-electron chi connectivity index (χ1n) is 9.78. The van der Waals surface area contributed by atoms with E-state index >= 15 is 0 Å². The number of hydrogen-bond donors (Lipinski definition) is 1. The minimum atomic E-state index is 0.703. The quantitative estimate of drug-likeness (QED) is 0.893. The Bertz CT molecular complexity index is 850. The second-order valence-corrected chi connectivity index (χ2v) is 7.03. The topological polar surface area (TPSA) is 81.0 Å². The van der Waals surface area contributed by atoms with E-state index in [4.69, 9.17) is 4.98 Å². The van der Waals surface area contributed by atoms with Gasteiger partial charge in [0, 0.05) is 44.6 Å². The van der Waals surface area contributed by atoms with Gasteiger partial charge in [-0.15, -0.1) is 0 Å². The molecule has 0 aromatic carbocycles. The van der Waals surface area contributed by atoms with Crippen LogP contribution in [0.2, 0.25) is 0 Å². The Labute approximate surface area is 160 Å². The summed E-state index contributed by atoms with van der Waals surface area (Å²) < 4.78 is 0. The van der Waals surface area contributed by atoms with E-state index in [9.17, 15) is 5.26 Å². The second-order valence-electron chi connectivity index (χ2n) is 7.03. The van der Waals surface area contributed by atoms with Gasteiger partial charge in [0.25, 0.3) is 0 Å². The Morgan fingerprint density at radius 2 is 1.89 bits per heavy atom. The predicted molar refractivity (Wildman–Crippen MR) is 106 cm³/mol. The van der Waals surface area contributed by atoms with Crippen molar-refractivity contribution >= 4 is 17.6 Å². The SMILES string of the molecule is CCNc1ccnc(N2CCN(c3nc4c(cc3C#N)CCCC4)CC2)n1. The average molecular weight is 363 g/mol. The highest BCUT2D eigenvalue weighted by molar-refractivity contribution is 5.57. The molecule has 1 aliphatic heterocycles. The number of hydrogen-bond acceptors (Lipinski definition) is 7. The largest absolute Gasteiger partial charge is 0.370 e. The zero-order chi connectivity index (χ0) is 18.6. The number of aryl methyl sites for hydroxylation is 2. The van der Waals surface area contributed by atoms with Crippen molar-refractivity contribution in [2.24, 2.45) is 0 Å². The van der Waals surface area contributed by atoms with Crippen LogP contribution in [0.3, 0.4) is 0 Å². The molecular formula is C20H25N7. The van der Waals surface area contributed by atoms with E-state index in [1.165, 1.54) is 24.1 Å². The van der Waals surface area contributed by atoms with Gasteiger partial charge < -0.3 is 15.1 Å². The second kappa shape index (κ2) is 7.78. The van der Waals surface area contributed by atoms with E-state index in [1.807, 2.05) is 6.07 Å². The van der Waals surface area contributed by atoms with Crippen molar-refractivity contribution < 1.29 is 0 Å². The molecule has 4 rings (SSSR count). The summed E-state index contributed by atoms with van der Waals surface area (Å²) in [5, 5.41) is 12.8. The van der Waals surface area contributed by atoms with E-state index in [0.717, 1.165) is 63.1 Å². The van der Waals surface area contributed by atoms with Gasteiger partial charge in [0.05, 0.1) is 5.56 Å². The summed E-state index contributed by atoms with van der Waals surface area (Å²) in [5.74, 6) is 2.46. The Kier molecular flexibility index (Phi) is 5.05. The fourth-order valence-corrected chi connectivity index (χ4v) is 3.84. The maximum atomic E-state index is 9.61. The van der Waals surface area contributed by atoms with Crippen molar-refractivity contribution in [3.63, 3.8) is 0 Å². The molecular weight excluding hydrogens is 338 g/mol. The van der Waals surface area contributed by atoms with Crippen LogP contribution in [0.15, 0.2) is 18.3 Å². The van der Waals surface area contributed by atoms with E-state index in [1.54, 1.807) is 6.20 Å². The Balaban J connectivity index is 1.49. The lowest BCUT2D eigenvalue weighted by molar-refractivity contribution is 0.625. The van der Waals surface area contributed by atoms with Gasteiger partial charge in [-0.2, -0.15) is 10.2 Å². The first-order valence-corrected chi connectivity index (χ1v) is 9.78. The van der Waals surface area contributed by atoms with Crippen LogP contribution in [0.1, 0.15) is 36.6 Å². The number of rotatable bonds is 4. The molecule has 0 unspecified atom stereocenters. The number of nitrogens with zero attached hydrogens (tertiary/aromatic N) is 6. The van der Waals surface area contributed by atoms with Crippen LogP contribution < -0.4 is 15.1 Å². The smallest absolute Gasteiger partial charge is 0.227 e. The van der Waals surface area contributed by atoms with E-state index in [0.29, 0.717) is 5.56 Å². The summed E-state index contributed by atoms with van der Waals surface area (Å²) in [7, 11) is 0. The van der Waals surface area contributed by atoms with Gasteiger partial charge in [0.2, 0.25) is 5.95 Å². The van der Waals surface area contributed by atoms with Crippen LogP contribution in [0, 0.1) is 11.3 Å². The third-order valence-corrected chi connectivity index (χ3v) is 5.26. The van der Waals surface area contributed by atoms with Crippen molar-refractivity contribution in [2.75, 3.05) is 47.8 Å². The van der Waals surface area contributed by atoms with E-state index < -0.39 is 0 Å². The minimum absolute atomic E-state index is 0.703. The number of nitriles is 1. The van der Waals surface area contributed by atoms with Crippen molar-refractivity contribution in [1.29, 1.82) is 5.26 Å². The van der Waals surface area contributed by atoms with Gasteiger partial charge in [0.15, 0.2) is 0 Å². The molecule has 7 heteroatoms. The molecule has 0 atom stereocenters. The van der Waals surface area contributed by atoms with E-state index in [-0.39, 0.29) is 0 Å². The van der Waals surface area contributed by atoms with Crippen LogP contribution in [0.4, 0.5) is 17.6 Å². The lowest BCUT2D eigenvalue weighted by Crippen LogP contribution is -2.47. The summed E-state index contributed by atoms with van der Waals surface area (Å²) in [6.45, 7) is 6.16. The van der Waals surface area contributed by atoms with Crippen LogP contribution >= 0.6 is 0 Å². The van der Waals surface area contributed by atoms with Gasteiger partial charge in [-0.3, -0.25) is 0 Å². The van der Waals surface area contributed by atoms with Crippen LogP contribution in [-0.2, 0) is 12.8 Å². The highest BCUT2D eigenvalue weighted by Gasteiger charge is 2.24. The van der Waals surface area contributed by atoms with Gasteiger partial charge in [-0.25, -0.2) is 9.97 Å². The third kappa shape index (κ3) is 3.65. The van der Waals surface area contributed by atoms with Crippen molar-refractivity contribution in [2.45, 2.75) is 32.6 Å².